The first-order chi connectivity index (χ1) is 9.09. The van der Waals surface area contributed by atoms with E-state index in [1.807, 2.05) is 0 Å². The van der Waals surface area contributed by atoms with Gasteiger partial charge >= 0.3 is 0 Å². The monoisotopic (exact) mass is 296 g/mol. The average Bonchev–Trinajstić information content (AvgIpc) is 2.74. The smallest absolute Gasteiger partial charge is 0.185 e. The minimum Gasteiger partial charge on any atom is -0.346 e. The molecule has 1 aliphatic rings. The highest BCUT2D eigenvalue weighted by molar-refractivity contribution is 7.15. The molecule has 5 heteroatoms. The maximum Gasteiger partial charge on any atom is 0.185 e. The summed E-state index contributed by atoms with van der Waals surface area (Å²) in [6.07, 6.45) is 0. The molecule has 2 N–H and O–H groups in total. The summed E-state index contributed by atoms with van der Waals surface area (Å²) in [6.45, 7) is 15.1. The molecular formula is C15H28N4S. The van der Waals surface area contributed by atoms with E-state index in [-0.39, 0.29) is 11.0 Å². The fraction of sp³-hybridized carbons (Fsp3) is 0.800. The molecule has 2 rings (SSSR count). The molecule has 0 aliphatic carbocycles. The quantitative estimate of drug-likeness (QED) is 0.910. The zero-order chi connectivity index (χ0) is 15.1. The van der Waals surface area contributed by atoms with Crippen molar-refractivity contribution in [3.63, 3.8) is 0 Å². The van der Waals surface area contributed by atoms with Gasteiger partial charge in [0.25, 0.3) is 0 Å². The molecule has 2 heterocycles. The van der Waals surface area contributed by atoms with Crippen LogP contribution in [0.1, 0.15) is 45.2 Å². The second-order valence-corrected chi connectivity index (χ2v) is 8.41. The maximum absolute atomic E-state index is 6.36. The largest absolute Gasteiger partial charge is 0.346 e. The van der Waals surface area contributed by atoms with Crippen LogP contribution in [0.3, 0.4) is 0 Å². The Morgan fingerprint density at radius 2 is 1.60 bits per heavy atom. The normalized spacial score (nSPS) is 18.6. The van der Waals surface area contributed by atoms with Gasteiger partial charge in [-0.3, -0.25) is 0 Å². The van der Waals surface area contributed by atoms with Crippen LogP contribution in [0.25, 0.3) is 0 Å². The number of aromatic nitrogens is 1. The third-order valence-electron chi connectivity index (χ3n) is 3.69. The lowest BCUT2D eigenvalue weighted by molar-refractivity contribution is 0.312. The summed E-state index contributed by atoms with van der Waals surface area (Å²) < 4.78 is 0. The lowest BCUT2D eigenvalue weighted by atomic mass is 9.87. The highest BCUT2D eigenvalue weighted by Crippen LogP contribution is 2.38. The van der Waals surface area contributed by atoms with Crippen molar-refractivity contribution in [1.82, 2.24) is 9.88 Å². The molecule has 0 radical (unpaired) electrons. The lowest BCUT2D eigenvalue weighted by Crippen LogP contribution is -2.44. The van der Waals surface area contributed by atoms with Crippen LogP contribution in [0, 0.1) is 0 Å². The van der Waals surface area contributed by atoms with Gasteiger partial charge in [-0.05, 0) is 20.9 Å². The lowest BCUT2D eigenvalue weighted by Gasteiger charge is -2.32. The number of nitrogens with zero attached hydrogens (tertiary/aromatic N) is 3. The second kappa shape index (κ2) is 5.28. The number of nitrogens with two attached hydrogens (primary N) is 1. The predicted molar refractivity (Wildman–Crippen MR) is 87.7 cm³/mol. The summed E-state index contributed by atoms with van der Waals surface area (Å²) in [7, 11) is 2.17. The topological polar surface area (TPSA) is 45.4 Å². The number of likely N-dealkylation sites (N-methyl/N-ethyl adjacent to an activating group) is 1. The van der Waals surface area contributed by atoms with Gasteiger partial charge < -0.3 is 15.5 Å². The zero-order valence-corrected chi connectivity index (χ0v) is 14.5. The molecule has 0 atom stereocenters. The van der Waals surface area contributed by atoms with Crippen molar-refractivity contribution in [1.29, 1.82) is 0 Å². The van der Waals surface area contributed by atoms with Crippen molar-refractivity contribution >= 4 is 16.5 Å². The van der Waals surface area contributed by atoms with Gasteiger partial charge in [-0.1, -0.05) is 32.1 Å². The summed E-state index contributed by atoms with van der Waals surface area (Å²) in [5.41, 5.74) is 7.23. The molecule has 0 unspecified atom stereocenters. The molecule has 1 aliphatic heterocycles. The number of piperazine rings is 1. The van der Waals surface area contributed by atoms with Gasteiger partial charge in [0.1, 0.15) is 0 Å². The Morgan fingerprint density at radius 1 is 1.05 bits per heavy atom. The molecule has 4 nitrogen and oxygen atoms in total. The zero-order valence-electron chi connectivity index (χ0n) is 13.7. The van der Waals surface area contributed by atoms with E-state index in [2.05, 4.69) is 51.5 Å². The second-order valence-electron chi connectivity index (χ2n) is 7.44. The van der Waals surface area contributed by atoms with Gasteiger partial charge in [-0.25, -0.2) is 4.98 Å². The van der Waals surface area contributed by atoms with Gasteiger partial charge in [-0.2, -0.15) is 0 Å². The van der Waals surface area contributed by atoms with Crippen LogP contribution in [0.4, 0.5) is 5.13 Å². The van der Waals surface area contributed by atoms with Crippen LogP contribution in [0.15, 0.2) is 0 Å². The molecule has 1 saturated heterocycles. The van der Waals surface area contributed by atoms with Gasteiger partial charge in [0.2, 0.25) is 0 Å². The molecule has 1 aromatic rings. The van der Waals surface area contributed by atoms with Gasteiger partial charge in [0, 0.05) is 42.0 Å². The van der Waals surface area contributed by atoms with E-state index in [0.29, 0.717) is 0 Å². The molecule has 0 bridgehead atoms. The van der Waals surface area contributed by atoms with Crippen molar-refractivity contribution in [2.45, 2.75) is 45.6 Å². The Labute approximate surface area is 127 Å². The predicted octanol–water partition coefficient (Wildman–Crippen LogP) is 2.39. The summed E-state index contributed by atoms with van der Waals surface area (Å²) >= 11 is 1.77. The molecule has 114 valence electrons. The Balaban J connectivity index is 2.35. The highest BCUT2D eigenvalue weighted by atomic mass is 32.1. The fourth-order valence-electron chi connectivity index (χ4n) is 2.39. The molecule has 0 saturated carbocycles. The summed E-state index contributed by atoms with van der Waals surface area (Å²) in [5, 5.41) is 1.14. The Morgan fingerprint density at radius 3 is 2.00 bits per heavy atom. The third kappa shape index (κ3) is 3.32. The molecule has 1 fully saturated rings. The number of rotatable bonds is 2. The molecule has 20 heavy (non-hydrogen) atoms. The number of anilines is 1. The number of hydrogen-bond donors (Lipinski definition) is 1. The minimum absolute atomic E-state index is 0.0350. The van der Waals surface area contributed by atoms with Crippen LogP contribution < -0.4 is 10.6 Å². The molecule has 0 amide bonds. The van der Waals surface area contributed by atoms with Crippen LogP contribution in [-0.2, 0) is 11.0 Å². The summed E-state index contributed by atoms with van der Waals surface area (Å²) in [6, 6.07) is 0. The van der Waals surface area contributed by atoms with Crippen molar-refractivity contribution in [2.75, 3.05) is 38.1 Å². The van der Waals surface area contributed by atoms with Gasteiger partial charge in [0.15, 0.2) is 5.13 Å². The SMILES string of the molecule is CN1CCN(c2nc(C(C)(C)C)c(C(C)(C)N)s2)CC1. The van der Waals surface area contributed by atoms with Crippen LogP contribution in [-0.4, -0.2) is 43.1 Å². The first-order valence-electron chi connectivity index (χ1n) is 7.33. The van der Waals surface area contributed by atoms with E-state index in [1.165, 1.54) is 4.88 Å². The van der Waals surface area contributed by atoms with Crippen molar-refractivity contribution in [3.05, 3.63) is 10.6 Å². The van der Waals surface area contributed by atoms with Crippen molar-refractivity contribution < 1.29 is 0 Å². The molecule has 1 aromatic heterocycles. The van der Waals surface area contributed by atoms with Crippen molar-refractivity contribution in [2.24, 2.45) is 5.73 Å². The van der Waals surface area contributed by atoms with E-state index in [0.717, 1.165) is 37.0 Å². The molecular weight excluding hydrogens is 268 g/mol. The van der Waals surface area contributed by atoms with Crippen LogP contribution >= 0.6 is 11.3 Å². The summed E-state index contributed by atoms with van der Waals surface area (Å²) in [5.74, 6) is 0. The summed E-state index contributed by atoms with van der Waals surface area (Å²) in [4.78, 5) is 10.9. The fourth-order valence-corrected chi connectivity index (χ4v) is 3.73. The number of hydrogen-bond acceptors (Lipinski definition) is 5. The van der Waals surface area contributed by atoms with Crippen LogP contribution in [0.2, 0.25) is 0 Å². The Hall–Kier alpha value is -0.650. The molecule has 0 aromatic carbocycles. The van der Waals surface area contributed by atoms with E-state index in [4.69, 9.17) is 10.7 Å². The highest BCUT2D eigenvalue weighted by Gasteiger charge is 2.31. The van der Waals surface area contributed by atoms with Gasteiger partial charge in [-0.15, -0.1) is 0 Å². The molecule has 0 spiro atoms. The van der Waals surface area contributed by atoms with Gasteiger partial charge in [0.05, 0.1) is 5.69 Å². The van der Waals surface area contributed by atoms with Crippen molar-refractivity contribution in [3.8, 4) is 0 Å². The number of thiazole rings is 1. The van der Waals surface area contributed by atoms with E-state index in [9.17, 15) is 0 Å². The van der Waals surface area contributed by atoms with E-state index < -0.39 is 0 Å². The maximum atomic E-state index is 6.36. The Kier molecular flexibility index (Phi) is 4.15. The first kappa shape index (κ1) is 15.7. The van der Waals surface area contributed by atoms with E-state index in [1.54, 1.807) is 11.3 Å². The standard InChI is InChI=1S/C15H28N4S/c1-14(2,3)11-12(15(4,5)16)20-13(17-11)19-9-7-18(6)8-10-19/h7-10,16H2,1-6H3. The third-order valence-corrected chi connectivity index (χ3v) is 5.14. The average molecular weight is 296 g/mol. The van der Waals surface area contributed by atoms with E-state index >= 15 is 0 Å². The van der Waals surface area contributed by atoms with Crippen LogP contribution in [0.5, 0.6) is 0 Å². The minimum atomic E-state index is -0.328. The first-order valence-corrected chi connectivity index (χ1v) is 8.15. The Bertz CT molecular complexity index is 428.